The van der Waals surface area contributed by atoms with Gasteiger partial charge in [-0.2, -0.15) is 0 Å². The van der Waals surface area contributed by atoms with Crippen LogP contribution < -0.4 is 10.5 Å². The van der Waals surface area contributed by atoms with Crippen molar-refractivity contribution in [2.75, 3.05) is 6.61 Å². The van der Waals surface area contributed by atoms with Crippen LogP contribution in [0.5, 0.6) is 5.75 Å². The molecule has 0 aliphatic heterocycles. The highest BCUT2D eigenvalue weighted by Gasteiger charge is 2.41. The quantitative estimate of drug-likeness (QED) is 0.916. The molecule has 0 bridgehead atoms. The first-order valence-electron chi connectivity index (χ1n) is 7.47. The molecule has 0 aromatic heterocycles. The molecule has 0 saturated heterocycles. The Labute approximate surface area is 125 Å². The average molecular weight is 283 g/mol. The molecule has 0 radical (unpaired) electrons. The number of rotatable bonds is 5. The van der Waals surface area contributed by atoms with Crippen molar-refractivity contribution in [1.29, 1.82) is 0 Å². The maximum Gasteiger partial charge on any atom is 0.128 e. The summed E-state index contributed by atoms with van der Waals surface area (Å²) in [6, 6.07) is 18.6. The van der Waals surface area contributed by atoms with E-state index in [2.05, 4.69) is 24.3 Å². The van der Waals surface area contributed by atoms with Gasteiger partial charge in [-0.25, -0.2) is 0 Å². The molecule has 110 valence electrons. The lowest BCUT2D eigenvalue weighted by molar-refractivity contribution is -0.0945. The van der Waals surface area contributed by atoms with Gasteiger partial charge >= 0.3 is 0 Å². The van der Waals surface area contributed by atoms with Gasteiger partial charge in [-0.3, -0.25) is 0 Å². The zero-order valence-corrected chi connectivity index (χ0v) is 12.2. The monoisotopic (exact) mass is 283 g/mol. The lowest BCUT2D eigenvalue weighted by atomic mass is 9.86. The number of nitrogens with two attached hydrogens (primary N) is 1. The van der Waals surface area contributed by atoms with Crippen LogP contribution in [0.2, 0.25) is 0 Å². The highest BCUT2D eigenvalue weighted by molar-refractivity contribution is 5.63. The molecular weight excluding hydrogens is 262 g/mol. The van der Waals surface area contributed by atoms with Gasteiger partial charge in [-0.1, -0.05) is 42.5 Å². The van der Waals surface area contributed by atoms with Gasteiger partial charge in [-0.05, 0) is 30.2 Å². The summed E-state index contributed by atoms with van der Waals surface area (Å²) in [5, 5.41) is 0. The van der Waals surface area contributed by atoms with Crippen molar-refractivity contribution < 1.29 is 9.47 Å². The first-order chi connectivity index (χ1) is 10.3. The lowest BCUT2D eigenvalue weighted by Crippen LogP contribution is -2.59. The van der Waals surface area contributed by atoms with Crippen LogP contribution in [-0.4, -0.2) is 24.9 Å². The molecule has 2 N–H and O–H groups in total. The number of hydrogen-bond donors (Lipinski definition) is 1. The summed E-state index contributed by atoms with van der Waals surface area (Å²) in [4.78, 5) is 0. The molecule has 2 aromatic carbocycles. The number of hydrogen-bond acceptors (Lipinski definition) is 3. The fourth-order valence-electron chi connectivity index (χ4n) is 2.69. The van der Waals surface area contributed by atoms with Crippen molar-refractivity contribution in [3.63, 3.8) is 0 Å². The van der Waals surface area contributed by atoms with Gasteiger partial charge in [0.25, 0.3) is 0 Å². The van der Waals surface area contributed by atoms with Crippen LogP contribution >= 0.6 is 0 Å². The number of benzene rings is 2. The van der Waals surface area contributed by atoms with Crippen molar-refractivity contribution in [3.8, 4) is 16.9 Å². The highest BCUT2D eigenvalue weighted by Crippen LogP contribution is 2.29. The van der Waals surface area contributed by atoms with E-state index in [0.717, 1.165) is 12.2 Å². The van der Waals surface area contributed by atoms with E-state index < -0.39 is 0 Å². The molecule has 1 aliphatic carbocycles. The third kappa shape index (κ3) is 3.09. The van der Waals surface area contributed by atoms with Crippen LogP contribution in [0, 0.1) is 0 Å². The molecule has 1 saturated carbocycles. The Bertz CT molecular complexity index is 568. The Balaban J connectivity index is 1.65. The van der Waals surface area contributed by atoms with E-state index in [9.17, 15) is 0 Å². The Morgan fingerprint density at radius 2 is 1.67 bits per heavy atom. The van der Waals surface area contributed by atoms with Crippen LogP contribution in [0.3, 0.4) is 0 Å². The van der Waals surface area contributed by atoms with Crippen molar-refractivity contribution in [2.24, 2.45) is 5.73 Å². The van der Waals surface area contributed by atoms with Crippen LogP contribution in [0.4, 0.5) is 0 Å². The van der Waals surface area contributed by atoms with Crippen molar-refractivity contribution in [3.05, 3.63) is 54.6 Å². The molecule has 3 nitrogen and oxygen atoms in total. The zero-order valence-electron chi connectivity index (χ0n) is 12.2. The standard InChI is InChI=1S/C18H21NO2/c1-2-20-18-16(19)12-17(18)21-15-10-8-14(9-11-15)13-6-4-3-5-7-13/h3-11,16-18H,2,12,19H2,1H3. The first kappa shape index (κ1) is 14.1. The minimum absolute atomic E-state index is 0.0174. The van der Waals surface area contributed by atoms with E-state index in [1.807, 2.05) is 37.3 Å². The maximum absolute atomic E-state index is 5.97. The predicted molar refractivity (Wildman–Crippen MR) is 84.3 cm³/mol. The van der Waals surface area contributed by atoms with Gasteiger partial charge in [0.2, 0.25) is 0 Å². The second kappa shape index (κ2) is 6.29. The summed E-state index contributed by atoms with van der Waals surface area (Å²) >= 11 is 0. The van der Waals surface area contributed by atoms with Gasteiger partial charge in [0.05, 0.1) is 0 Å². The van der Waals surface area contributed by atoms with Gasteiger partial charge < -0.3 is 15.2 Å². The second-order valence-corrected chi connectivity index (χ2v) is 5.37. The lowest BCUT2D eigenvalue weighted by Gasteiger charge is -2.41. The minimum atomic E-state index is 0.0174. The smallest absolute Gasteiger partial charge is 0.128 e. The molecule has 3 rings (SSSR count). The van der Waals surface area contributed by atoms with E-state index in [4.69, 9.17) is 15.2 Å². The summed E-state index contributed by atoms with van der Waals surface area (Å²) in [5.41, 5.74) is 8.35. The predicted octanol–water partition coefficient (Wildman–Crippen LogP) is 3.24. The van der Waals surface area contributed by atoms with E-state index in [0.29, 0.717) is 6.61 Å². The Morgan fingerprint density at radius 1 is 1.00 bits per heavy atom. The summed E-state index contributed by atoms with van der Waals surface area (Å²) in [6.45, 7) is 2.65. The Kier molecular flexibility index (Phi) is 4.23. The largest absolute Gasteiger partial charge is 0.488 e. The third-order valence-electron chi connectivity index (χ3n) is 3.90. The zero-order chi connectivity index (χ0) is 14.7. The summed E-state index contributed by atoms with van der Waals surface area (Å²) < 4.78 is 11.6. The molecule has 0 amide bonds. The van der Waals surface area contributed by atoms with Gasteiger partial charge in [-0.15, -0.1) is 0 Å². The van der Waals surface area contributed by atoms with Crippen LogP contribution in [0.25, 0.3) is 11.1 Å². The second-order valence-electron chi connectivity index (χ2n) is 5.37. The van der Waals surface area contributed by atoms with E-state index in [1.165, 1.54) is 11.1 Å². The fraction of sp³-hybridized carbons (Fsp3) is 0.333. The number of ether oxygens (including phenoxy) is 2. The van der Waals surface area contributed by atoms with Crippen molar-refractivity contribution >= 4 is 0 Å². The molecule has 3 unspecified atom stereocenters. The first-order valence-corrected chi connectivity index (χ1v) is 7.47. The molecule has 1 aliphatic rings. The highest BCUT2D eigenvalue weighted by atomic mass is 16.5. The maximum atomic E-state index is 5.97. The molecule has 3 atom stereocenters. The molecule has 2 aromatic rings. The van der Waals surface area contributed by atoms with Crippen molar-refractivity contribution in [1.82, 2.24) is 0 Å². The molecule has 0 spiro atoms. The van der Waals surface area contributed by atoms with Crippen LogP contribution in [0.1, 0.15) is 13.3 Å². The van der Waals surface area contributed by atoms with E-state index in [-0.39, 0.29) is 18.2 Å². The van der Waals surface area contributed by atoms with Gasteiger partial charge in [0.1, 0.15) is 18.0 Å². The fourth-order valence-corrected chi connectivity index (χ4v) is 2.69. The summed E-state index contributed by atoms with van der Waals surface area (Å²) in [5.74, 6) is 0.872. The SMILES string of the molecule is CCOC1C(N)CC1Oc1ccc(-c2ccccc2)cc1. The van der Waals surface area contributed by atoms with Crippen LogP contribution in [0.15, 0.2) is 54.6 Å². The summed E-state index contributed by atoms with van der Waals surface area (Å²) in [7, 11) is 0. The molecule has 3 heteroatoms. The van der Waals surface area contributed by atoms with Crippen molar-refractivity contribution in [2.45, 2.75) is 31.6 Å². The Hall–Kier alpha value is -1.84. The van der Waals surface area contributed by atoms with E-state index in [1.54, 1.807) is 0 Å². The summed E-state index contributed by atoms with van der Waals surface area (Å²) in [6.07, 6.45) is 0.941. The third-order valence-corrected chi connectivity index (χ3v) is 3.90. The van der Waals surface area contributed by atoms with E-state index >= 15 is 0 Å². The van der Waals surface area contributed by atoms with Gasteiger partial charge in [0.15, 0.2) is 0 Å². The molecular formula is C18H21NO2. The average Bonchev–Trinajstić information content (AvgIpc) is 2.54. The molecule has 0 heterocycles. The normalized spacial score (nSPS) is 24.4. The minimum Gasteiger partial charge on any atom is -0.488 e. The molecule has 1 fully saturated rings. The molecule has 21 heavy (non-hydrogen) atoms. The Morgan fingerprint density at radius 3 is 2.29 bits per heavy atom. The van der Waals surface area contributed by atoms with Crippen LogP contribution in [-0.2, 0) is 4.74 Å². The van der Waals surface area contributed by atoms with Gasteiger partial charge in [0, 0.05) is 19.1 Å². The topological polar surface area (TPSA) is 44.5 Å².